The highest BCUT2D eigenvalue weighted by Gasteiger charge is 2.09. The fourth-order valence-corrected chi connectivity index (χ4v) is 4.85. The van der Waals surface area contributed by atoms with Crippen LogP contribution in [0.5, 0.6) is 0 Å². The highest BCUT2D eigenvalue weighted by Crippen LogP contribution is 2.28. The maximum absolute atomic E-state index is 12.2. The normalized spacial score (nSPS) is 14.8. The molecule has 174 valence electrons. The number of hydrogen-bond donors (Lipinski definition) is 3. The maximum atomic E-state index is 12.2. The summed E-state index contributed by atoms with van der Waals surface area (Å²) in [5.74, 6) is 0.570. The molecule has 1 aliphatic heterocycles. The van der Waals surface area contributed by atoms with Gasteiger partial charge in [-0.1, -0.05) is 25.5 Å². The van der Waals surface area contributed by atoms with E-state index in [1.54, 1.807) is 11.3 Å². The molecule has 2 heterocycles. The predicted octanol–water partition coefficient (Wildman–Crippen LogP) is 4.14. The third kappa shape index (κ3) is 9.43. The van der Waals surface area contributed by atoms with Crippen LogP contribution in [0, 0.1) is 0 Å². The molecule has 10 heteroatoms. The number of aliphatic imine (C=N–C) groups is 2. The number of benzene rings is 1. The number of nitrogens with one attached hydrogen (secondary N) is 3. The van der Waals surface area contributed by atoms with E-state index < -0.39 is 11.0 Å². The SMILES string of the molecule is C1CNCNC1.C=NCS/C=C(\N=C)c1csc(-c2ccc(S(=O)NCCCC)cc2)n1. The number of thiazole rings is 1. The minimum atomic E-state index is -1.17. The number of unbranched alkanes of at least 4 members (excludes halogenated alkanes) is 1. The lowest BCUT2D eigenvalue weighted by Crippen LogP contribution is -2.37. The molecule has 1 saturated heterocycles. The standard InChI is InChI=1S/C18H22N4OS3.C4H10N2/c1-4-5-10-21-26(23)15-8-6-14(7-9-15)18-22-17(12-25-18)16(20-3)11-24-13-19-2;1-2-5-4-6-3-1/h6-9,11-12,21H,2-5,10,13H2,1H3;5-6H,1-4H2/b16-11-;. The van der Waals surface area contributed by atoms with Gasteiger partial charge in [-0.05, 0) is 51.5 Å². The second kappa shape index (κ2) is 16.0. The molecule has 0 spiro atoms. The molecule has 1 aliphatic rings. The fraction of sp³-hybridized carbons (Fsp3) is 0.409. The van der Waals surface area contributed by atoms with Crippen LogP contribution in [-0.2, 0) is 11.0 Å². The summed E-state index contributed by atoms with van der Waals surface area (Å²) >= 11 is 3.04. The molecular formula is C22H32N6OS3. The first kappa shape index (κ1) is 26.6. The zero-order valence-corrected chi connectivity index (χ0v) is 21.0. The van der Waals surface area contributed by atoms with Crippen LogP contribution in [0.1, 0.15) is 31.9 Å². The van der Waals surface area contributed by atoms with Gasteiger partial charge in [-0.2, -0.15) is 0 Å². The van der Waals surface area contributed by atoms with Crippen molar-refractivity contribution in [1.29, 1.82) is 0 Å². The van der Waals surface area contributed by atoms with Gasteiger partial charge in [0, 0.05) is 29.6 Å². The summed E-state index contributed by atoms with van der Waals surface area (Å²) in [4.78, 5) is 13.2. The van der Waals surface area contributed by atoms with Crippen molar-refractivity contribution < 1.29 is 4.21 Å². The molecule has 1 aromatic carbocycles. The molecule has 3 N–H and O–H groups in total. The molecule has 1 unspecified atom stereocenters. The Morgan fingerprint density at radius 1 is 1.31 bits per heavy atom. The van der Waals surface area contributed by atoms with Crippen molar-refractivity contribution in [2.24, 2.45) is 9.98 Å². The van der Waals surface area contributed by atoms with Crippen LogP contribution >= 0.6 is 23.1 Å². The van der Waals surface area contributed by atoms with Crippen LogP contribution < -0.4 is 15.4 Å². The van der Waals surface area contributed by atoms with Gasteiger partial charge in [0.1, 0.15) is 21.7 Å². The molecule has 3 rings (SSSR count). The van der Waals surface area contributed by atoms with Gasteiger partial charge in [-0.3, -0.25) is 9.98 Å². The van der Waals surface area contributed by atoms with Crippen molar-refractivity contribution >= 4 is 53.2 Å². The molecule has 0 aliphatic carbocycles. The minimum absolute atomic E-state index is 0.570. The first-order valence-electron chi connectivity index (χ1n) is 10.5. The largest absolute Gasteiger partial charge is 0.304 e. The number of aromatic nitrogens is 1. The number of rotatable bonds is 11. The Hall–Kier alpha value is -1.69. The summed E-state index contributed by atoms with van der Waals surface area (Å²) in [5.41, 5.74) is 2.49. The van der Waals surface area contributed by atoms with Gasteiger partial charge in [0.05, 0.1) is 16.5 Å². The highest BCUT2D eigenvalue weighted by molar-refractivity contribution is 8.02. The second-order valence-corrected chi connectivity index (χ2v) is 9.77. The fourth-order valence-electron chi connectivity index (χ4n) is 2.62. The molecule has 7 nitrogen and oxygen atoms in total. The smallest absolute Gasteiger partial charge is 0.124 e. The number of nitrogens with zero attached hydrogens (tertiary/aromatic N) is 3. The average molecular weight is 493 g/mol. The Bertz CT molecular complexity index is 867. The van der Waals surface area contributed by atoms with Crippen LogP contribution in [0.2, 0.25) is 0 Å². The molecule has 0 bridgehead atoms. The van der Waals surface area contributed by atoms with Gasteiger partial charge in [-0.15, -0.1) is 23.1 Å². The summed E-state index contributed by atoms with van der Waals surface area (Å²) in [5, 5.41) is 11.1. The van der Waals surface area contributed by atoms with Gasteiger partial charge in [-0.25, -0.2) is 13.9 Å². The highest BCUT2D eigenvalue weighted by atomic mass is 32.2. The second-order valence-electron chi connectivity index (χ2n) is 6.79. The van der Waals surface area contributed by atoms with Crippen molar-refractivity contribution in [1.82, 2.24) is 20.3 Å². The van der Waals surface area contributed by atoms with E-state index in [1.165, 1.54) is 31.3 Å². The number of thioether (sulfide) groups is 1. The molecule has 0 amide bonds. The van der Waals surface area contributed by atoms with Crippen LogP contribution in [0.4, 0.5) is 0 Å². The third-order valence-electron chi connectivity index (χ3n) is 4.33. The van der Waals surface area contributed by atoms with Gasteiger partial charge >= 0.3 is 0 Å². The summed E-state index contributed by atoms with van der Waals surface area (Å²) in [7, 11) is -1.17. The van der Waals surface area contributed by atoms with Gasteiger partial charge in [0.2, 0.25) is 0 Å². The first-order chi connectivity index (χ1) is 15.7. The lowest BCUT2D eigenvalue weighted by atomic mass is 10.2. The van der Waals surface area contributed by atoms with Gasteiger partial charge in [0.25, 0.3) is 0 Å². The van der Waals surface area contributed by atoms with E-state index in [2.05, 4.69) is 50.7 Å². The lowest BCUT2D eigenvalue weighted by Gasteiger charge is -2.11. The summed E-state index contributed by atoms with van der Waals surface area (Å²) in [6.45, 7) is 13.3. The zero-order chi connectivity index (χ0) is 23.0. The first-order valence-corrected chi connectivity index (χ1v) is 13.6. The molecule has 1 aromatic heterocycles. The zero-order valence-electron chi connectivity index (χ0n) is 18.5. The Balaban J connectivity index is 0.000000520. The van der Waals surface area contributed by atoms with E-state index in [0.717, 1.165) is 52.9 Å². The summed E-state index contributed by atoms with van der Waals surface area (Å²) < 4.78 is 15.2. The molecule has 32 heavy (non-hydrogen) atoms. The van der Waals surface area contributed by atoms with E-state index in [0.29, 0.717) is 5.88 Å². The maximum Gasteiger partial charge on any atom is 0.124 e. The van der Waals surface area contributed by atoms with E-state index in [1.807, 2.05) is 35.1 Å². The Kier molecular flexibility index (Phi) is 13.3. The topological polar surface area (TPSA) is 90.8 Å². The molecule has 2 aromatic rings. The minimum Gasteiger partial charge on any atom is -0.304 e. The summed E-state index contributed by atoms with van der Waals surface area (Å²) in [6, 6.07) is 7.63. The van der Waals surface area contributed by atoms with E-state index in [-0.39, 0.29) is 0 Å². The quantitative estimate of drug-likeness (QED) is 0.324. The Morgan fingerprint density at radius 3 is 2.62 bits per heavy atom. The van der Waals surface area contributed by atoms with Gasteiger partial charge < -0.3 is 10.6 Å². The predicted molar refractivity (Wildman–Crippen MR) is 142 cm³/mol. The average Bonchev–Trinajstić information content (AvgIpc) is 3.34. The van der Waals surface area contributed by atoms with Crippen LogP contribution in [0.3, 0.4) is 0 Å². The summed E-state index contributed by atoms with van der Waals surface area (Å²) in [6.07, 6.45) is 3.37. The van der Waals surface area contributed by atoms with Crippen molar-refractivity contribution in [3.8, 4) is 10.6 Å². The van der Waals surface area contributed by atoms with E-state index >= 15 is 0 Å². The van der Waals surface area contributed by atoms with Gasteiger partial charge in [0.15, 0.2) is 0 Å². The Labute approximate surface area is 201 Å². The van der Waals surface area contributed by atoms with E-state index in [9.17, 15) is 4.21 Å². The van der Waals surface area contributed by atoms with Crippen LogP contribution in [0.25, 0.3) is 16.3 Å². The monoisotopic (exact) mass is 492 g/mol. The molecule has 1 atom stereocenters. The molecule has 1 fully saturated rings. The Morgan fingerprint density at radius 2 is 2.06 bits per heavy atom. The van der Waals surface area contributed by atoms with Crippen LogP contribution in [0.15, 0.2) is 49.9 Å². The third-order valence-corrected chi connectivity index (χ3v) is 7.11. The molecule has 0 radical (unpaired) electrons. The van der Waals surface area contributed by atoms with Crippen molar-refractivity contribution in [2.45, 2.75) is 31.1 Å². The van der Waals surface area contributed by atoms with Crippen molar-refractivity contribution in [2.75, 3.05) is 32.2 Å². The van der Waals surface area contributed by atoms with Crippen LogP contribution in [-0.4, -0.2) is 54.8 Å². The lowest BCUT2D eigenvalue weighted by molar-refractivity contribution is 0.496. The molecule has 0 saturated carbocycles. The number of hydrogen-bond acceptors (Lipinski definition) is 8. The van der Waals surface area contributed by atoms with Crippen molar-refractivity contribution in [3.05, 3.63) is 40.7 Å². The molecular weight excluding hydrogens is 460 g/mol. The van der Waals surface area contributed by atoms with E-state index in [4.69, 9.17) is 0 Å². The van der Waals surface area contributed by atoms with Crippen molar-refractivity contribution in [3.63, 3.8) is 0 Å².